The fourth-order valence-corrected chi connectivity index (χ4v) is 4.38. The monoisotopic (exact) mass is 310 g/mol. The summed E-state index contributed by atoms with van der Waals surface area (Å²) in [6.45, 7) is 1.53. The highest BCUT2D eigenvalue weighted by Crippen LogP contribution is 2.34. The molecular weight excluding hydrogens is 292 g/mol. The van der Waals surface area contributed by atoms with Crippen molar-refractivity contribution in [2.24, 2.45) is 5.73 Å². The maximum atomic E-state index is 12.5. The van der Waals surface area contributed by atoms with Crippen LogP contribution < -0.4 is 10.6 Å². The zero-order chi connectivity index (χ0) is 14.3. The zero-order valence-electron chi connectivity index (χ0n) is 11.6. The Bertz CT molecular complexity index is 594. The fraction of sp³-hybridized carbons (Fsp3) is 0.538. The van der Waals surface area contributed by atoms with Crippen LogP contribution in [-0.2, 0) is 0 Å². The minimum absolute atomic E-state index is 0.124. The molecule has 7 heteroatoms. The molecule has 2 aromatic heterocycles. The number of nitrogens with two attached hydrogens (primary N) is 1. The number of aromatic nitrogens is 1. The van der Waals surface area contributed by atoms with Crippen LogP contribution in [0, 0.1) is 0 Å². The van der Waals surface area contributed by atoms with E-state index in [0.717, 1.165) is 45.5 Å². The Kier molecular flexibility index (Phi) is 3.66. The van der Waals surface area contributed by atoms with Gasteiger partial charge in [0.25, 0.3) is 5.91 Å². The molecule has 0 saturated carbocycles. The molecule has 1 aliphatic heterocycles. The Morgan fingerprint density at radius 1 is 1.40 bits per heavy atom. The summed E-state index contributed by atoms with van der Waals surface area (Å²) >= 11 is 3.11. The summed E-state index contributed by atoms with van der Waals surface area (Å²) in [6.07, 6.45) is 1.79. The number of thiazole rings is 1. The van der Waals surface area contributed by atoms with Gasteiger partial charge < -0.3 is 15.5 Å². The van der Waals surface area contributed by atoms with E-state index in [9.17, 15) is 4.79 Å². The Morgan fingerprint density at radius 3 is 2.70 bits per heavy atom. The van der Waals surface area contributed by atoms with Gasteiger partial charge in [-0.15, -0.1) is 11.3 Å². The maximum Gasteiger partial charge on any atom is 0.264 e. The predicted octanol–water partition coefficient (Wildman–Crippen LogP) is 1.99. The lowest BCUT2D eigenvalue weighted by molar-refractivity contribution is 0.0720. The van der Waals surface area contributed by atoms with Gasteiger partial charge in [-0.2, -0.15) is 0 Å². The van der Waals surface area contributed by atoms with Crippen molar-refractivity contribution >= 4 is 43.2 Å². The second-order valence-electron chi connectivity index (χ2n) is 5.30. The van der Waals surface area contributed by atoms with Crippen LogP contribution in [0.1, 0.15) is 22.5 Å². The third kappa shape index (κ3) is 2.53. The van der Waals surface area contributed by atoms with Gasteiger partial charge in [0.1, 0.15) is 4.83 Å². The van der Waals surface area contributed by atoms with E-state index in [-0.39, 0.29) is 11.9 Å². The Balaban J connectivity index is 1.79. The number of fused-ring (bicyclic) bond motifs is 1. The smallest absolute Gasteiger partial charge is 0.264 e. The minimum atomic E-state index is 0.124. The molecule has 0 atom stereocenters. The first-order chi connectivity index (χ1) is 9.54. The third-order valence-corrected chi connectivity index (χ3v) is 5.81. The minimum Gasteiger partial charge on any atom is -0.354 e. The molecule has 0 aromatic carbocycles. The van der Waals surface area contributed by atoms with Crippen molar-refractivity contribution in [3.8, 4) is 0 Å². The number of nitrogens with zero attached hydrogens (tertiary/aromatic N) is 3. The topological polar surface area (TPSA) is 62.5 Å². The number of amides is 1. The second kappa shape index (κ2) is 5.31. The summed E-state index contributed by atoms with van der Waals surface area (Å²) in [4.78, 5) is 22.6. The third-order valence-electron chi connectivity index (χ3n) is 3.50. The molecule has 3 rings (SSSR count). The van der Waals surface area contributed by atoms with Gasteiger partial charge in [-0.05, 0) is 18.9 Å². The quantitative estimate of drug-likeness (QED) is 0.921. The van der Waals surface area contributed by atoms with E-state index in [1.54, 1.807) is 11.3 Å². The number of rotatable bonds is 2. The second-order valence-corrected chi connectivity index (χ2v) is 7.34. The van der Waals surface area contributed by atoms with E-state index in [0.29, 0.717) is 0 Å². The van der Waals surface area contributed by atoms with Gasteiger partial charge in [0.05, 0.1) is 9.58 Å². The Morgan fingerprint density at radius 2 is 2.10 bits per heavy atom. The van der Waals surface area contributed by atoms with E-state index in [1.165, 1.54) is 11.3 Å². The number of thiophene rings is 1. The van der Waals surface area contributed by atoms with E-state index < -0.39 is 0 Å². The van der Waals surface area contributed by atoms with E-state index in [2.05, 4.69) is 4.98 Å². The summed E-state index contributed by atoms with van der Waals surface area (Å²) in [5.41, 5.74) is 5.88. The van der Waals surface area contributed by atoms with Gasteiger partial charge in [-0.25, -0.2) is 4.98 Å². The standard InChI is InChI=1S/C13H18N4OS2/c1-16(2)13-15-11-9(20-13)7-10(19-11)12(18)17-5-3-8(14)4-6-17/h7-8H,3-6,14H2,1-2H3. The van der Waals surface area contributed by atoms with Crippen molar-refractivity contribution in [1.82, 2.24) is 9.88 Å². The molecule has 1 amide bonds. The number of likely N-dealkylation sites (tertiary alicyclic amines) is 1. The van der Waals surface area contributed by atoms with Crippen LogP contribution in [0.4, 0.5) is 5.13 Å². The number of anilines is 1. The molecule has 0 radical (unpaired) electrons. The molecule has 108 valence electrons. The van der Waals surface area contributed by atoms with Gasteiger partial charge in [0.2, 0.25) is 0 Å². The van der Waals surface area contributed by atoms with E-state index in [4.69, 9.17) is 5.73 Å². The van der Waals surface area contributed by atoms with Gasteiger partial charge in [0.15, 0.2) is 5.13 Å². The van der Waals surface area contributed by atoms with Crippen molar-refractivity contribution in [1.29, 1.82) is 0 Å². The fourth-order valence-electron chi connectivity index (χ4n) is 2.28. The molecule has 3 heterocycles. The number of hydrogen-bond donors (Lipinski definition) is 1. The van der Waals surface area contributed by atoms with Crippen LogP contribution in [0.15, 0.2) is 6.07 Å². The van der Waals surface area contributed by atoms with Crippen molar-refractivity contribution in [3.05, 3.63) is 10.9 Å². The zero-order valence-corrected chi connectivity index (χ0v) is 13.3. The normalized spacial score (nSPS) is 16.9. The van der Waals surface area contributed by atoms with Crippen LogP contribution in [-0.4, -0.2) is 49.0 Å². The summed E-state index contributed by atoms with van der Waals surface area (Å²) < 4.78 is 1.09. The molecule has 1 saturated heterocycles. The number of piperidine rings is 1. The lowest BCUT2D eigenvalue weighted by Gasteiger charge is -2.29. The van der Waals surface area contributed by atoms with Crippen LogP contribution in [0.3, 0.4) is 0 Å². The molecule has 2 aromatic rings. The summed E-state index contributed by atoms with van der Waals surface area (Å²) in [7, 11) is 3.96. The molecule has 0 spiro atoms. The predicted molar refractivity (Wildman–Crippen MR) is 84.9 cm³/mol. The molecule has 20 heavy (non-hydrogen) atoms. The van der Waals surface area contributed by atoms with Crippen LogP contribution in [0.2, 0.25) is 0 Å². The average Bonchev–Trinajstić information content (AvgIpc) is 2.96. The molecule has 2 N–H and O–H groups in total. The number of carbonyl (C=O) groups excluding carboxylic acids is 1. The SMILES string of the molecule is CN(C)c1nc2sc(C(=O)N3CCC(N)CC3)cc2s1. The Hall–Kier alpha value is -1.18. The number of hydrogen-bond acceptors (Lipinski definition) is 6. The molecule has 5 nitrogen and oxygen atoms in total. The van der Waals surface area contributed by atoms with Gasteiger partial charge in [-0.1, -0.05) is 11.3 Å². The lowest BCUT2D eigenvalue weighted by atomic mass is 10.1. The maximum absolute atomic E-state index is 12.5. The van der Waals surface area contributed by atoms with Crippen LogP contribution in [0.25, 0.3) is 9.53 Å². The van der Waals surface area contributed by atoms with Crippen LogP contribution >= 0.6 is 22.7 Å². The van der Waals surface area contributed by atoms with Gasteiger partial charge in [0, 0.05) is 33.2 Å². The first kappa shape index (κ1) is 13.8. The summed E-state index contributed by atoms with van der Waals surface area (Å²) in [6, 6.07) is 2.22. The van der Waals surface area contributed by atoms with Crippen molar-refractivity contribution in [2.75, 3.05) is 32.1 Å². The van der Waals surface area contributed by atoms with Gasteiger partial charge in [-0.3, -0.25) is 4.79 Å². The molecule has 0 aliphatic carbocycles. The average molecular weight is 310 g/mol. The largest absolute Gasteiger partial charge is 0.354 e. The van der Waals surface area contributed by atoms with Crippen LogP contribution in [0.5, 0.6) is 0 Å². The molecule has 1 fully saturated rings. The van der Waals surface area contributed by atoms with Crippen molar-refractivity contribution < 1.29 is 4.79 Å². The molecule has 0 bridgehead atoms. The highest BCUT2D eigenvalue weighted by atomic mass is 32.1. The lowest BCUT2D eigenvalue weighted by Crippen LogP contribution is -2.42. The van der Waals surface area contributed by atoms with E-state index >= 15 is 0 Å². The van der Waals surface area contributed by atoms with Crippen molar-refractivity contribution in [3.63, 3.8) is 0 Å². The van der Waals surface area contributed by atoms with Crippen molar-refractivity contribution in [2.45, 2.75) is 18.9 Å². The molecule has 1 aliphatic rings. The van der Waals surface area contributed by atoms with E-state index in [1.807, 2.05) is 30.0 Å². The van der Waals surface area contributed by atoms with Gasteiger partial charge >= 0.3 is 0 Å². The highest BCUT2D eigenvalue weighted by Gasteiger charge is 2.23. The first-order valence-corrected chi connectivity index (χ1v) is 8.30. The molecular formula is C13H18N4OS2. The molecule has 0 unspecified atom stereocenters. The number of carbonyl (C=O) groups is 1. The first-order valence-electron chi connectivity index (χ1n) is 6.67. The summed E-state index contributed by atoms with van der Waals surface area (Å²) in [5.74, 6) is 0.124. The highest BCUT2D eigenvalue weighted by molar-refractivity contribution is 7.29. The summed E-state index contributed by atoms with van der Waals surface area (Å²) in [5, 5.41) is 0.981. The Labute approximate surface area is 126 Å².